The summed E-state index contributed by atoms with van der Waals surface area (Å²) in [5.41, 5.74) is 3.84. The van der Waals surface area contributed by atoms with Gasteiger partial charge in [-0.05, 0) is 71.5 Å². The predicted molar refractivity (Wildman–Crippen MR) is 179 cm³/mol. The van der Waals surface area contributed by atoms with Crippen molar-refractivity contribution in [3.05, 3.63) is 131 Å². The zero-order chi connectivity index (χ0) is 31.4. The van der Waals surface area contributed by atoms with Crippen molar-refractivity contribution >= 4 is 35.2 Å². The van der Waals surface area contributed by atoms with Crippen LogP contribution in [0.15, 0.2) is 108 Å². The Balaban J connectivity index is 1.27. The van der Waals surface area contributed by atoms with Crippen molar-refractivity contribution in [2.75, 3.05) is 26.0 Å². The Bertz CT molecular complexity index is 1490. The monoisotopic (exact) mass is 643 g/mol. The molecule has 7 nitrogen and oxygen atoms in total. The van der Waals surface area contributed by atoms with Crippen LogP contribution in [0.2, 0.25) is 5.02 Å². The molecular formula is C36H38ClN3O4S. The number of ether oxygens (including phenoxy) is 2. The number of pyridine rings is 1. The molecule has 2 heterocycles. The van der Waals surface area contributed by atoms with Crippen LogP contribution in [-0.2, 0) is 27.1 Å². The van der Waals surface area contributed by atoms with Gasteiger partial charge < -0.3 is 20.1 Å². The van der Waals surface area contributed by atoms with Gasteiger partial charge in [-0.2, -0.15) is 0 Å². The number of amides is 1. The molecule has 0 radical (unpaired) electrons. The molecule has 0 spiro atoms. The second kappa shape index (κ2) is 16.6. The zero-order valence-corrected chi connectivity index (χ0v) is 26.8. The van der Waals surface area contributed by atoms with Gasteiger partial charge in [0, 0.05) is 53.5 Å². The van der Waals surface area contributed by atoms with Gasteiger partial charge in [0.05, 0.1) is 19.3 Å². The first-order valence-electron chi connectivity index (χ1n) is 15.1. The van der Waals surface area contributed by atoms with Crippen molar-refractivity contribution < 1.29 is 19.1 Å². The number of Topliss-reactive ketones (excluding diaryl/α,β-unsaturated/α-hetero) is 1. The van der Waals surface area contributed by atoms with E-state index in [1.165, 1.54) is 12.0 Å². The number of carbonyl (C=O) groups excluding carboxylic acids is 2. The van der Waals surface area contributed by atoms with Crippen LogP contribution in [0, 0.1) is 0 Å². The Morgan fingerprint density at radius 2 is 1.60 bits per heavy atom. The van der Waals surface area contributed by atoms with E-state index in [1.807, 2.05) is 84.9 Å². The molecule has 0 bridgehead atoms. The number of morpholine rings is 1. The molecule has 1 aliphatic heterocycles. The van der Waals surface area contributed by atoms with Crippen LogP contribution < -0.4 is 10.6 Å². The highest BCUT2D eigenvalue weighted by Crippen LogP contribution is 2.30. The number of aryl methyl sites for hydroxylation is 1. The Hall–Kier alpha value is -3.69. The molecular weight excluding hydrogens is 606 g/mol. The summed E-state index contributed by atoms with van der Waals surface area (Å²) < 4.78 is 11.4. The maximum atomic E-state index is 14.1. The summed E-state index contributed by atoms with van der Waals surface area (Å²) in [5.74, 6) is 0.330. The van der Waals surface area contributed by atoms with E-state index in [9.17, 15) is 9.59 Å². The highest BCUT2D eigenvalue weighted by atomic mass is 35.5. The quantitative estimate of drug-likeness (QED) is 0.161. The number of carbonyl (C=O) groups is 2. The van der Waals surface area contributed by atoms with E-state index >= 15 is 0 Å². The highest BCUT2D eigenvalue weighted by Gasteiger charge is 2.33. The number of thioether (sulfide) groups is 1. The third kappa shape index (κ3) is 9.41. The van der Waals surface area contributed by atoms with E-state index in [-0.39, 0.29) is 24.4 Å². The van der Waals surface area contributed by atoms with Crippen molar-refractivity contribution in [3.63, 3.8) is 0 Å². The van der Waals surface area contributed by atoms with E-state index in [1.54, 1.807) is 24.2 Å². The first-order chi connectivity index (χ1) is 22.0. The number of nitrogens with zero attached hydrogens (tertiary/aromatic N) is 1. The van der Waals surface area contributed by atoms with Crippen LogP contribution in [0.1, 0.15) is 34.6 Å². The van der Waals surface area contributed by atoms with Crippen LogP contribution in [-0.4, -0.2) is 61.1 Å². The van der Waals surface area contributed by atoms with Gasteiger partial charge in [-0.1, -0.05) is 66.2 Å². The fourth-order valence-corrected chi connectivity index (χ4v) is 6.72. The number of hydrogen-bond acceptors (Lipinski definition) is 7. The molecule has 4 atom stereocenters. The maximum Gasteiger partial charge on any atom is 0.407 e. The van der Waals surface area contributed by atoms with Crippen molar-refractivity contribution in [3.8, 4) is 0 Å². The van der Waals surface area contributed by atoms with Crippen LogP contribution >= 0.6 is 23.4 Å². The average Bonchev–Trinajstić information content (AvgIpc) is 3.08. The number of alkyl carbamates (subject to hydrolysis) is 1. The molecule has 9 heteroatoms. The lowest BCUT2D eigenvalue weighted by atomic mass is 9.82. The van der Waals surface area contributed by atoms with Crippen molar-refractivity contribution in [1.82, 2.24) is 15.6 Å². The zero-order valence-electron chi connectivity index (χ0n) is 25.2. The minimum Gasteiger partial charge on any atom is -0.453 e. The van der Waals surface area contributed by atoms with E-state index < -0.39 is 18.1 Å². The third-order valence-electron chi connectivity index (χ3n) is 7.96. The minimum absolute atomic E-state index is 0.0706. The lowest BCUT2D eigenvalue weighted by molar-refractivity contribution is -0.120. The van der Waals surface area contributed by atoms with Gasteiger partial charge in [-0.15, -0.1) is 11.8 Å². The van der Waals surface area contributed by atoms with Gasteiger partial charge in [0.25, 0.3) is 0 Å². The van der Waals surface area contributed by atoms with Crippen molar-refractivity contribution in [2.24, 2.45) is 0 Å². The van der Waals surface area contributed by atoms with Gasteiger partial charge in [0.15, 0.2) is 5.78 Å². The van der Waals surface area contributed by atoms with E-state index in [0.29, 0.717) is 0 Å². The molecule has 1 fully saturated rings. The summed E-state index contributed by atoms with van der Waals surface area (Å²) in [6.45, 7) is 1.61. The number of rotatable bonds is 13. The molecule has 3 aromatic carbocycles. The lowest BCUT2D eigenvalue weighted by Gasteiger charge is -2.31. The van der Waals surface area contributed by atoms with Gasteiger partial charge in [-0.25, -0.2) is 4.79 Å². The molecule has 0 aliphatic carbocycles. The predicted octanol–water partition coefficient (Wildman–Crippen LogP) is 6.49. The molecule has 1 amide bonds. The largest absolute Gasteiger partial charge is 0.453 e. The molecule has 45 heavy (non-hydrogen) atoms. The van der Waals surface area contributed by atoms with Crippen molar-refractivity contribution in [1.29, 1.82) is 0 Å². The normalized spacial score (nSPS) is 17.6. The number of halogens is 1. The fraction of sp³-hybridized carbons (Fsp3) is 0.306. The third-order valence-corrected chi connectivity index (χ3v) is 9.36. The van der Waals surface area contributed by atoms with Gasteiger partial charge >= 0.3 is 6.09 Å². The maximum absolute atomic E-state index is 14.1. The van der Waals surface area contributed by atoms with Crippen LogP contribution in [0.4, 0.5) is 4.79 Å². The molecule has 1 aromatic heterocycles. The Morgan fingerprint density at radius 1 is 0.933 bits per heavy atom. The smallest absolute Gasteiger partial charge is 0.407 e. The lowest BCUT2D eigenvalue weighted by Crippen LogP contribution is -2.46. The standard InChI is InChI=1S/C36H38ClN3O4S/c1-43-36(42)40-35(34(26-8-3-2-4-9-26)27-17-19-38-20-18-27)33(41)21-28-10-6-5-7-25(28)11-14-30-22-39-23-31(44-30)24-45-32-15-12-29(37)13-16-32/h2-10,12-13,15-20,30-31,34-35,39H,11,14,21-24H2,1H3,(H,40,42)/t30-,31+,34+,35-/m1/s1. The Labute approximate surface area is 274 Å². The van der Waals surface area contributed by atoms with Gasteiger partial charge in [0.1, 0.15) is 6.04 Å². The second-order valence-electron chi connectivity index (χ2n) is 11.0. The molecule has 5 rings (SSSR count). The van der Waals surface area contributed by atoms with Gasteiger partial charge in [-0.3, -0.25) is 9.78 Å². The Kier molecular flexibility index (Phi) is 12.0. The van der Waals surface area contributed by atoms with E-state index in [0.717, 1.165) is 59.0 Å². The van der Waals surface area contributed by atoms with Crippen molar-refractivity contribution in [2.45, 2.75) is 48.3 Å². The molecule has 1 aliphatic rings. The average molecular weight is 644 g/mol. The summed E-state index contributed by atoms with van der Waals surface area (Å²) in [6, 6.07) is 28.6. The summed E-state index contributed by atoms with van der Waals surface area (Å²) in [5, 5.41) is 7.11. The SMILES string of the molecule is COC(=O)N[C@H](C(=O)Cc1ccccc1CC[C@@H]1CNC[C@@H](CSc2ccc(Cl)cc2)O1)[C@@H](c1ccccc1)c1ccncc1. The summed E-state index contributed by atoms with van der Waals surface area (Å²) in [7, 11) is 1.30. The summed E-state index contributed by atoms with van der Waals surface area (Å²) in [4.78, 5) is 32.0. The van der Waals surface area contributed by atoms with Gasteiger partial charge in [0.2, 0.25) is 0 Å². The number of aromatic nitrogens is 1. The van der Waals surface area contributed by atoms with Crippen LogP contribution in [0.25, 0.3) is 0 Å². The van der Waals surface area contributed by atoms with E-state index in [4.69, 9.17) is 21.1 Å². The molecule has 4 aromatic rings. The number of methoxy groups -OCH3 is 1. The molecule has 0 saturated carbocycles. The van der Waals surface area contributed by atoms with Crippen LogP contribution in [0.3, 0.4) is 0 Å². The number of nitrogens with one attached hydrogen (secondary N) is 2. The molecule has 0 unspecified atom stereocenters. The number of hydrogen-bond donors (Lipinski definition) is 2. The first-order valence-corrected chi connectivity index (χ1v) is 16.5. The Morgan fingerprint density at radius 3 is 2.33 bits per heavy atom. The molecule has 1 saturated heterocycles. The number of benzene rings is 3. The number of ketones is 1. The highest BCUT2D eigenvalue weighted by molar-refractivity contribution is 7.99. The molecule has 234 valence electrons. The summed E-state index contributed by atoms with van der Waals surface area (Å²) in [6.07, 6.45) is 4.69. The van der Waals surface area contributed by atoms with E-state index in [2.05, 4.69) is 21.7 Å². The minimum atomic E-state index is -0.847. The van der Waals surface area contributed by atoms with Crippen LogP contribution in [0.5, 0.6) is 0 Å². The first kappa shape index (κ1) is 32.7. The fourth-order valence-electron chi connectivity index (χ4n) is 5.69. The second-order valence-corrected chi connectivity index (χ2v) is 12.6. The summed E-state index contributed by atoms with van der Waals surface area (Å²) >= 11 is 7.79. The molecule has 2 N–H and O–H groups in total. The topological polar surface area (TPSA) is 89.5 Å².